The molecule has 1 heterocycles. The molecule has 0 aliphatic carbocycles. The van der Waals surface area contributed by atoms with Crippen LogP contribution in [0.5, 0.6) is 0 Å². The molecule has 0 spiro atoms. The largest absolute Gasteiger partial charge is 0.417 e. The van der Waals surface area contributed by atoms with Crippen molar-refractivity contribution in [2.24, 2.45) is 0 Å². The zero-order valence-corrected chi connectivity index (χ0v) is 18.7. The number of amides is 1. The lowest BCUT2D eigenvalue weighted by Crippen LogP contribution is -2.54. The highest BCUT2D eigenvalue weighted by atomic mass is 32.2. The van der Waals surface area contributed by atoms with Gasteiger partial charge in [-0.15, -0.1) is 0 Å². The lowest BCUT2D eigenvalue weighted by Gasteiger charge is -2.37. The summed E-state index contributed by atoms with van der Waals surface area (Å²) >= 11 is 0. The number of hydrogen-bond donors (Lipinski definition) is 1. The third-order valence-electron chi connectivity index (χ3n) is 5.64. The molecule has 6 nitrogen and oxygen atoms in total. The first-order valence-electron chi connectivity index (χ1n) is 10.3. The Kier molecular flexibility index (Phi) is 7.26. The molecule has 2 aromatic carbocycles. The first-order valence-corrected chi connectivity index (χ1v) is 11.8. The molecule has 1 saturated heterocycles. The fraction of sp³-hybridized carbons (Fsp3) is 0.409. The molecule has 174 valence electrons. The van der Waals surface area contributed by atoms with Gasteiger partial charge in [-0.05, 0) is 43.2 Å². The summed E-state index contributed by atoms with van der Waals surface area (Å²) in [7, 11) is -4.31. The molecule has 2 aromatic rings. The number of hydrogen-bond acceptors (Lipinski definition) is 4. The van der Waals surface area contributed by atoms with Crippen molar-refractivity contribution in [3.05, 3.63) is 59.7 Å². The van der Waals surface area contributed by atoms with E-state index in [0.717, 1.165) is 34.5 Å². The smallest absolute Gasteiger partial charge is 0.325 e. The summed E-state index contributed by atoms with van der Waals surface area (Å²) < 4.78 is 66.7. The Morgan fingerprint density at radius 3 is 2.19 bits per heavy atom. The molecule has 3 rings (SSSR count). The lowest BCUT2D eigenvalue weighted by atomic mass is 10.1. The molecule has 0 bridgehead atoms. The van der Waals surface area contributed by atoms with Gasteiger partial charge >= 0.3 is 6.18 Å². The Morgan fingerprint density at radius 2 is 1.62 bits per heavy atom. The average Bonchev–Trinajstić information content (AvgIpc) is 2.78. The van der Waals surface area contributed by atoms with Crippen molar-refractivity contribution in [2.45, 2.75) is 37.4 Å². The van der Waals surface area contributed by atoms with Crippen molar-refractivity contribution >= 4 is 21.6 Å². The number of sulfonamides is 1. The number of anilines is 1. The molecular formula is C22H26F3N3O3S. The maximum absolute atomic E-state index is 13.3. The number of halogens is 3. The summed E-state index contributed by atoms with van der Waals surface area (Å²) in [6.07, 6.45) is -3.88. The number of nitrogens with one attached hydrogen (secondary N) is 1. The molecule has 0 saturated carbocycles. The van der Waals surface area contributed by atoms with Gasteiger partial charge in [-0.25, -0.2) is 8.42 Å². The van der Waals surface area contributed by atoms with Gasteiger partial charge in [0.25, 0.3) is 0 Å². The summed E-state index contributed by atoms with van der Waals surface area (Å²) in [5.74, 6) is -0.229. The van der Waals surface area contributed by atoms with E-state index < -0.39 is 32.7 Å². The van der Waals surface area contributed by atoms with E-state index in [1.807, 2.05) is 36.1 Å². The Bertz CT molecular complexity index is 1050. The first kappa shape index (κ1) is 24.2. The molecule has 1 atom stereocenters. The number of piperazine rings is 1. The Balaban J connectivity index is 1.64. The fourth-order valence-electron chi connectivity index (χ4n) is 3.63. The maximum atomic E-state index is 13.3. The normalized spacial score (nSPS) is 17.2. The van der Waals surface area contributed by atoms with Crippen LogP contribution in [-0.4, -0.2) is 55.8 Å². The van der Waals surface area contributed by atoms with E-state index in [1.165, 1.54) is 6.07 Å². The van der Waals surface area contributed by atoms with E-state index in [4.69, 9.17) is 0 Å². The van der Waals surface area contributed by atoms with Crippen LogP contribution in [0.15, 0.2) is 53.4 Å². The molecule has 1 amide bonds. The number of nitrogens with zero attached hydrogens (tertiary/aromatic N) is 2. The van der Waals surface area contributed by atoms with Crippen molar-refractivity contribution in [3.8, 4) is 0 Å². The van der Waals surface area contributed by atoms with E-state index in [-0.39, 0.29) is 32.1 Å². The molecule has 1 aliphatic rings. The monoisotopic (exact) mass is 469 g/mol. The maximum Gasteiger partial charge on any atom is 0.417 e. The molecule has 0 aromatic heterocycles. The van der Waals surface area contributed by atoms with Gasteiger partial charge in [-0.2, -0.15) is 17.5 Å². The van der Waals surface area contributed by atoms with E-state index in [9.17, 15) is 26.4 Å². The Labute approximate surface area is 186 Å². The molecule has 1 unspecified atom stereocenters. The zero-order valence-electron chi connectivity index (χ0n) is 17.9. The van der Waals surface area contributed by atoms with Gasteiger partial charge in [-0.3, -0.25) is 9.69 Å². The number of aryl methyl sites for hydroxylation is 1. The van der Waals surface area contributed by atoms with Crippen molar-refractivity contribution in [1.82, 2.24) is 9.21 Å². The second kappa shape index (κ2) is 9.60. The van der Waals surface area contributed by atoms with Gasteiger partial charge in [0.1, 0.15) is 0 Å². The summed E-state index contributed by atoms with van der Waals surface area (Å²) in [6, 6.07) is 11.2. The highest BCUT2D eigenvalue weighted by molar-refractivity contribution is 7.89. The second-order valence-corrected chi connectivity index (χ2v) is 9.56. The average molecular weight is 470 g/mol. The molecule has 32 heavy (non-hydrogen) atoms. The fourth-order valence-corrected chi connectivity index (χ4v) is 5.27. The van der Waals surface area contributed by atoms with Crippen LogP contribution in [0, 0.1) is 0 Å². The Morgan fingerprint density at radius 1 is 1.03 bits per heavy atom. The third-order valence-corrected chi connectivity index (χ3v) is 7.60. The van der Waals surface area contributed by atoms with Crippen LogP contribution in [0.1, 0.15) is 25.0 Å². The van der Waals surface area contributed by atoms with Crippen LogP contribution in [0.25, 0.3) is 0 Å². The van der Waals surface area contributed by atoms with Gasteiger partial charge < -0.3 is 5.32 Å². The third kappa shape index (κ3) is 5.31. The summed E-state index contributed by atoms with van der Waals surface area (Å²) in [5.41, 5.74) is 0.647. The molecule has 10 heteroatoms. The van der Waals surface area contributed by atoms with Crippen LogP contribution >= 0.6 is 0 Å². The molecule has 0 radical (unpaired) electrons. The standard InChI is InChI=1S/C22H26F3N3O3S/c1-3-17-8-10-18(11-9-17)26-21(29)16(2)27-12-14-28(15-13-27)32(30,31)20-7-5-4-6-19(20)22(23,24)25/h4-11,16H,3,12-15H2,1-2H3,(H,26,29). The second-order valence-electron chi connectivity index (χ2n) is 7.65. The minimum absolute atomic E-state index is 0.00264. The van der Waals surface area contributed by atoms with Gasteiger partial charge in [0.15, 0.2) is 0 Å². The predicted molar refractivity (Wildman–Crippen MR) is 116 cm³/mol. The molecule has 1 N–H and O–H groups in total. The summed E-state index contributed by atoms with van der Waals surface area (Å²) in [4.78, 5) is 13.7. The van der Waals surface area contributed by atoms with Crippen LogP contribution in [0.4, 0.5) is 18.9 Å². The van der Waals surface area contributed by atoms with E-state index >= 15 is 0 Å². The number of benzene rings is 2. The van der Waals surface area contributed by atoms with Crippen LogP contribution < -0.4 is 5.32 Å². The van der Waals surface area contributed by atoms with E-state index in [1.54, 1.807) is 6.92 Å². The van der Waals surface area contributed by atoms with Crippen molar-refractivity contribution in [2.75, 3.05) is 31.5 Å². The van der Waals surface area contributed by atoms with E-state index in [2.05, 4.69) is 5.32 Å². The molecule has 1 aliphatic heterocycles. The highest BCUT2D eigenvalue weighted by Gasteiger charge is 2.40. The quantitative estimate of drug-likeness (QED) is 0.702. The van der Waals surface area contributed by atoms with Crippen molar-refractivity contribution in [1.29, 1.82) is 0 Å². The minimum Gasteiger partial charge on any atom is -0.325 e. The van der Waals surface area contributed by atoms with Gasteiger partial charge in [0, 0.05) is 31.9 Å². The van der Waals surface area contributed by atoms with Crippen molar-refractivity contribution < 1.29 is 26.4 Å². The lowest BCUT2D eigenvalue weighted by molar-refractivity contribution is -0.140. The number of carbonyl (C=O) groups excluding carboxylic acids is 1. The number of alkyl halides is 3. The van der Waals surface area contributed by atoms with Gasteiger partial charge in [-0.1, -0.05) is 31.2 Å². The topological polar surface area (TPSA) is 69.7 Å². The first-order chi connectivity index (χ1) is 15.0. The summed E-state index contributed by atoms with van der Waals surface area (Å²) in [6.45, 7) is 4.22. The van der Waals surface area contributed by atoms with Crippen molar-refractivity contribution in [3.63, 3.8) is 0 Å². The van der Waals surface area contributed by atoms with Gasteiger partial charge in [0.2, 0.25) is 15.9 Å². The van der Waals surface area contributed by atoms with E-state index in [0.29, 0.717) is 5.69 Å². The van der Waals surface area contributed by atoms with Crippen LogP contribution in [0.3, 0.4) is 0 Å². The highest BCUT2D eigenvalue weighted by Crippen LogP contribution is 2.35. The molecular weight excluding hydrogens is 443 g/mol. The minimum atomic E-state index is -4.77. The number of carbonyl (C=O) groups is 1. The number of rotatable bonds is 6. The van der Waals surface area contributed by atoms with Crippen LogP contribution in [-0.2, 0) is 27.4 Å². The van der Waals surface area contributed by atoms with Crippen LogP contribution in [0.2, 0.25) is 0 Å². The zero-order chi connectivity index (χ0) is 23.5. The SMILES string of the molecule is CCc1ccc(NC(=O)C(C)N2CCN(S(=O)(=O)c3ccccc3C(F)(F)F)CC2)cc1. The summed E-state index contributed by atoms with van der Waals surface area (Å²) in [5, 5.41) is 2.84. The Hall–Kier alpha value is -2.43. The molecule has 1 fully saturated rings. The predicted octanol–water partition coefficient (Wildman–Crippen LogP) is 3.60. The van der Waals surface area contributed by atoms with Gasteiger partial charge in [0.05, 0.1) is 16.5 Å².